The number of aromatic nitrogens is 3. The number of methoxy groups -OCH3 is 1. The first kappa shape index (κ1) is 20.7. The summed E-state index contributed by atoms with van der Waals surface area (Å²) in [7, 11) is 1.67. The van der Waals surface area contributed by atoms with Crippen LogP contribution in [0.15, 0.2) is 47.9 Å². The Labute approximate surface area is 181 Å². The molecule has 1 unspecified atom stereocenters. The van der Waals surface area contributed by atoms with Crippen LogP contribution in [-0.4, -0.2) is 45.0 Å². The van der Waals surface area contributed by atoms with Gasteiger partial charge in [0.25, 0.3) is 0 Å². The highest BCUT2D eigenvalue weighted by Crippen LogP contribution is 2.28. The number of rotatable bonds is 7. The SMILES string of the molecule is CCC1CCCCN1C(=O)Cn1c(SCc2ccc(OC)cc2)nc2ccncc21. The van der Waals surface area contributed by atoms with E-state index in [4.69, 9.17) is 9.72 Å². The summed E-state index contributed by atoms with van der Waals surface area (Å²) in [5, 5.41) is 0.854. The van der Waals surface area contributed by atoms with Crippen LogP contribution >= 0.6 is 11.8 Å². The van der Waals surface area contributed by atoms with Gasteiger partial charge in [0.1, 0.15) is 12.3 Å². The molecule has 1 saturated heterocycles. The highest BCUT2D eigenvalue weighted by molar-refractivity contribution is 7.98. The van der Waals surface area contributed by atoms with Gasteiger partial charge in [0.2, 0.25) is 5.91 Å². The zero-order valence-corrected chi connectivity index (χ0v) is 18.4. The van der Waals surface area contributed by atoms with E-state index in [1.54, 1.807) is 31.3 Å². The summed E-state index contributed by atoms with van der Waals surface area (Å²) >= 11 is 1.65. The third-order valence-corrected chi connectivity index (χ3v) is 6.80. The highest BCUT2D eigenvalue weighted by Gasteiger charge is 2.26. The maximum Gasteiger partial charge on any atom is 0.242 e. The molecule has 2 aromatic heterocycles. The number of hydrogen-bond acceptors (Lipinski definition) is 5. The summed E-state index contributed by atoms with van der Waals surface area (Å²) in [5.41, 5.74) is 2.97. The molecule has 1 aliphatic heterocycles. The largest absolute Gasteiger partial charge is 0.497 e. The van der Waals surface area contributed by atoms with E-state index in [-0.39, 0.29) is 5.91 Å². The molecule has 7 heteroatoms. The van der Waals surface area contributed by atoms with Crippen LogP contribution in [0.25, 0.3) is 11.0 Å². The molecule has 30 heavy (non-hydrogen) atoms. The molecule has 1 aromatic carbocycles. The molecule has 0 bridgehead atoms. The molecule has 1 amide bonds. The summed E-state index contributed by atoms with van der Waals surface area (Å²) in [5.74, 6) is 1.80. The summed E-state index contributed by atoms with van der Waals surface area (Å²) < 4.78 is 7.27. The molecular weight excluding hydrogens is 396 g/mol. The van der Waals surface area contributed by atoms with Gasteiger partial charge in [-0.2, -0.15) is 0 Å². The number of piperidine rings is 1. The number of amides is 1. The van der Waals surface area contributed by atoms with Crippen molar-refractivity contribution in [3.8, 4) is 5.75 Å². The number of carbonyl (C=O) groups excluding carboxylic acids is 1. The Morgan fingerprint density at radius 2 is 2.07 bits per heavy atom. The fourth-order valence-corrected chi connectivity index (χ4v) is 5.03. The third kappa shape index (κ3) is 4.46. The van der Waals surface area contributed by atoms with Crippen molar-refractivity contribution in [3.05, 3.63) is 48.3 Å². The number of imidazole rings is 1. The van der Waals surface area contributed by atoms with E-state index < -0.39 is 0 Å². The van der Waals surface area contributed by atoms with Crippen molar-refractivity contribution in [2.24, 2.45) is 0 Å². The standard InChI is InChI=1S/C23H28N4O2S/c1-3-18-6-4-5-13-26(18)22(28)15-27-21-14-24-12-11-20(21)25-23(27)30-16-17-7-9-19(29-2)10-8-17/h7-12,14,18H,3-6,13,15-16H2,1-2H3. The Morgan fingerprint density at radius 1 is 1.23 bits per heavy atom. The number of carbonyl (C=O) groups is 1. The van der Waals surface area contributed by atoms with Crippen LogP contribution in [-0.2, 0) is 17.1 Å². The molecule has 0 N–H and O–H groups in total. The van der Waals surface area contributed by atoms with Crippen molar-refractivity contribution >= 4 is 28.7 Å². The quantitative estimate of drug-likeness (QED) is 0.522. The first-order chi connectivity index (χ1) is 14.7. The molecule has 158 valence electrons. The van der Waals surface area contributed by atoms with Gasteiger partial charge >= 0.3 is 0 Å². The van der Waals surface area contributed by atoms with E-state index in [0.29, 0.717) is 12.6 Å². The van der Waals surface area contributed by atoms with E-state index in [9.17, 15) is 4.79 Å². The lowest BCUT2D eigenvalue weighted by Gasteiger charge is -2.35. The summed E-state index contributed by atoms with van der Waals surface area (Å²) in [6, 6.07) is 10.3. The van der Waals surface area contributed by atoms with Gasteiger partial charge in [-0.05, 0) is 49.4 Å². The topological polar surface area (TPSA) is 60.2 Å². The molecule has 3 heterocycles. The number of fused-ring (bicyclic) bond motifs is 1. The average Bonchev–Trinajstić information content (AvgIpc) is 3.15. The van der Waals surface area contributed by atoms with Crippen molar-refractivity contribution in [1.29, 1.82) is 0 Å². The predicted molar refractivity (Wildman–Crippen MR) is 120 cm³/mol. The Kier molecular flexibility index (Phi) is 6.57. The first-order valence-corrected chi connectivity index (χ1v) is 11.5. The van der Waals surface area contributed by atoms with Crippen LogP contribution in [0.2, 0.25) is 0 Å². The number of likely N-dealkylation sites (tertiary alicyclic amines) is 1. The molecule has 0 aliphatic carbocycles. The minimum atomic E-state index is 0.177. The number of pyridine rings is 1. The van der Waals surface area contributed by atoms with E-state index in [0.717, 1.165) is 53.5 Å². The average molecular weight is 425 g/mol. The molecule has 1 fully saturated rings. The van der Waals surface area contributed by atoms with Crippen LogP contribution in [0.3, 0.4) is 0 Å². The van der Waals surface area contributed by atoms with E-state index in [2.05, 4.69) is 28.9 Å². The van der Waals surface area contributed by atoms with Gasteiger partial charge in [0.15, 0.2) is 5.16 Å². The van der Waals surface area contributed by atoms with Crippen molar-refractivity contribution in [3.63, 3.8) is 0 Å². The van der Waals surface area contributed by atoms with Gasteiger partial charge in [-0.15, -0.1) is 0 Å². The van der Waals surface area contributed by atoms with Crippen molar-refractivity contribution in [2.45, 2.75) is 56.1 Å². The monoisotopic (exact) mass is 424 g/mol. The van der Waals surface area contributed by atoms with Gasteiger partial charge in [0.05, 0.1) is 24.3 Å². The second kappa shape index (κ2) is 9.51. The summed E-state index contributed by atoms with van der Waals surface area (Å²) in [6.07, 6.45) is 7.97. The molecule has 3 aromatic rings. The summed E-state index contributed by atoms with van der Waals surface area (Å²) in [4.78, 5) is 24.3. The van der Waals surface area contributed by atoms with Gasteiger partial charge in [-0.1, -0.05) is 30.8 Å². The van der Waals surface area contributed by atoms with E-state index in [1.807, 2.05) is 22.8 Å². The fraction of sp³-hybridized carbons (Fsp3) is 0.435. The maximum atomic E-state index is 13.2. The number of hydrogen-bond donors (Lipinski definition) is 0. The molecule has 0 saturated carbocycles. The predicted octanol–water partition coefficient (Wildman–Crippen LogP) is 4.52. The second-order valence-electron chi connectivity index (χ2n) is 7.63. The maximum absolute atomic E-state index is 13.2. The van der Waals surface area contributed by atoms with E-state index in [1.165, 1.54) is 12.0 Å². The second-order valence-corrected chi connectivity index (χ2v) is 8.57. The minimum Gasteiger partial charge on any atom is -0.497 e. The smallest absolute Gasteiger partial charge is 0.242 e. The lowest BCUT2D eigenvalue weighted by atomic mass is 10.00. The molecule has 0 radical (unpaired) electrons. The van der Waals surface area contributed by atoms with Crippen LogP contribution in [0.4, 0.5) is 0 Å². The lowest BCUT2D eigenvalue weighted by molar-refractivity contribution is -0.135. The molecule has 1 atom stereocenters. The molecular formula is C23H28N4O2S. The minimum absolute atomic E-state index is 0.177. The molecule has 0 spiro atoms. The van der Waals surface area contributed by atoms with E-state index >= 15 is 0 Å². The number of benzene rings is 1. The Morgan fingerprint density at radius 3 is 2.83 bits per heavy atom. The normalized spacial score (nSPS) is 16.7. The molecule has 6 nitrogen and oxygen atoms in total. The van der Waals surface area contributed by atoms with Crippen LogP contribution in [0.5, 0.6) is 5.75 Å². The number of ether oxygens (including phenoxy) is 1. The summed E-state index contributed by atoms with van der Waals surface area (Å²) in [6.45, 7) is 3.34. The van der Waals surface area contributed by atoms with Gasteiger partial charge < -0.3 is 14.2 Å². The first-order valence-electron chi connectivity index (χ1n) is 10.5. The van der Waals surface area contributed by atoms with Gasteiger partial charge in [0, 0.05) is 24.5 Å². The number of thioether (sulfide) groups is 1. The van der Waals surface area contributed by atoms with Crippen molar-refractivity contribution < 1.29 is 9.53 Å². The highest BCUT2D eigenvalue weighted by atomic mass is 32.2. The Hall–Kier alpha value is -2.54. The van der Waals surface area contributed by atoms with Crippen molar-refractivity contribution in [2.75, 3.05) is 13.7 Å². The lowest BCUT2D eigenvalue weighted by Crippen LogP contribution is -2.44. The zero-order valence-electron chi connectivity index (χ0n) is 17.6. The van der Waals surface area contributed by atoms with Gasteiger partial charge in [-0.25, -0.2) is 4.98 Å². The number of nitrogens with zero attached hydrogens (tertiary/aromatic N) is 4. The Bertz CT molecular complexity index is 1000. The molecule has 4 rings (SSSR count). The van der Waals surface area contributed by atoms with Crippen LogP contribution < -0.4 is 4.74 Å². The van der Waals surface area contributed by atoms with Crippen LogP contribution in [0, 0.1) is 0 Å². The third-order valence-electron chi connectivity index (χ3n) is 5.75. The molecule has 1 aliphatic rings. The fourth-order valence-electron chi connectivity index (χ4n) is 4.06. The zero-order chi connectivity index (χ0) is 20.9. The Balaban J connectivity index is 1.56. The van der Waals surface area contributed by atoms with Crippen molar-refractivity contribution in [1.82, 2.24) is 19.4 Å². The van der Waals surface area contributed by atoms with Crippen LogP contribution in [0.1, 0.15) is 38.2 Å². The van der Waals surface area contributed by atoms with Gasteiger partial charge in [-0.3, -0.25) is 9.78 Å².